The molecule has 0 radical (unpaired) electrons. The average Bonchev–Trinajstić information content (AvgIpc) is 2.80. The van der Waals surface area contributed by atoms with Crippen LogP contribution in [0, 0.1) is 6.92 Å². The first kappa shape index (κ1) is 22.0. The lowest BCUT2D eigenvalue weighted by molar-refractivity contribution is -0.113. The van der Waals surface area contributed by atoms with Gasteiger partial charge in [0.15, 0.2) is 5.11 Å². The summed E-state index contributed by atoms with van der Waals surface area (Å²) >= 11 is 9.05. The number of hydrogen-bond donors (Lipinski definition) is 3. The third kappa shape index (κ3) is 4.69. The van der Waals surface area contributed by atoms with E-state index in [9.17, 15) is 4.79 Å². The monoisotopic (exact) mass is 507 g/mol. The number of nitrogens with one attached hydrogen (secondary N) is 3. The van der Waals surface area contributed by atoms with E-state index in [4.69, 9.17) is 17.0 Å². The smallest absolute Gasteiger partial charge is 0.256 e. The number of halogens is 1. The van der Waals surface area contributed by atoms with Crippen LogP contribution in [0.15, 0.2) is 82.8 Å². The standard InChI is InChI=1S/C25H22BrN3O2S/c1-15-8-11-18(12-9-15)27-24(30)21-22(16-6-4-3-5-7-16)28-25(32)29-23(21)19-14-17(26)10-13-20(19)31-2/h3-14,23H,1-2H3,(H,27,30)(H2,28,29,32)/t23-/m0/s1. The highest BCUT2D eigenvalue weighted by Crippen LogP contribution is 2.37. The third-order valence-electron chi connectivity index (χ3n) is 5.19. The predicted octanol–water partition coefficient (Wildman–Crippen LogP) is 5.33. The Morgan fingerprint density at radius 2 is 1.78 bits per heavy atom. The summed E-state index contributed by atoms with van der Waals surface area (Å²) in [5.41, 5.74) is 4.68. The SMILES string of the molecule is COc1ccc(Br)cc1[C@@H]1NC(=S)NC(c2ccccc2)=C1C(=O)Nc1ccc(C)cc1. The molecule has 0 unspecified atom stereocenters. The fourth-order valence-corrected chi connectivity index (χ4v) is 4.24. The van der Waals surface area contributed by atoms with E-state index in [1.165, 1.54) is 0 Å². The fourth-order valence-electron chi connectivity index (χ4n) is 3.64. The number of methoxy groups -OCH3 is 1. The first-order chi connectivity index (χ1) is 15.5. The minimum Gasteiger partial charge on any atom is -0.496 e. The molecule has 5 nitrogen and oxygen atoms in total. The quantitative estimate of drug-likeness (QED) is 0.407. The molecule has 1 aliphatic heterocycles. The van der Waals surface area contributed by atoms with Gasteiger partial charge in [-0.15, -0.1) is 0 Å². The topological polar surface area (TPSA) is 62.4 Å². The zero-order valence-electron chi connectivity index (χ0n) is 17.6. The van der Waals surface area contributed by atoms with Crippen molar-refractivity contribution in [3.8, 4) is 5.75 Å². The van der Waals surface area contributed by atoms with Crippen LogP contribution in [0.1, 0.15) is 22.7 Å². The molecule has 0 spiro atoms. The number of rotatable bonds is 5. The number of carbonyl (C=O) groups is 1. The lowest BCUT2D eigenvalue weighted by Gasteiger charge is -2.32. The van der Waals surface area contributed by atoms with Crippen molar-refractivity contribution in [1.82, 2.24) is 10.6 Å². The van der Waals surface area contributed by atoms with E-state index in [2.05, 4.69) is 31.9 Å². The number of aryl methyl sites for hydroxylation is 1. The van der Waals surface area contributed by atoms with Gasteiger partial charge in [0.1, 0.15) is 5.75 Å². The second-order valence-corrected chi connectivity index (χ2v) is 8.72. The lowest BCUT2D eigenvalue weighted by Crippen LogP contribution is -2.45. The molecule has 0 aliphatic carbocycles. The maximum Gasteiger partial charge on any atom is 0.256 e. The second kappa shape index (κ2) is 9.54. The highest BCUT2D eigenvalue weighted by atomic mass is 79.9. The molecule has 0 aromatic heterocycles. The first-order valence-corrected chi connectivity index (χ1v) is 11.2. The lowest BCUT2D eigenvalue weighted by atomic mass is 9.91. The molecule has 0 fully saturated rings. The molecular formula is C25H22BrN3O2S. The van der Waals surface area contributed by atoms with Crippen LogP contribution >= 0.6 is 28.1 Å². The predicted molar refractivity (Wildman–Crippen MR) is 135 cm³/mol. The van der Waals surface area contributed by atoms with Crippen molar-refractivity contribution in [3.63, 3.8) is 0 Å². The van der Waals surface area contributed by atoms with Crippen LogP contribution in [0.4, 0.5) is 5.69 Å². The van der Waals surface area contributed by atoms with Crippen LogP contribution in [0.3, 0.4) is 0 Å². The van der Waals surface area contributed by atoms with E-state index in [0.29, 0.717) is 27.8 Å². The van der Waals surface area contributed by atoms with Gasteiger partial charge in [-0.2, -0.15) is 0 Å². The van der Waals surface area contributed by atoms with Gasteiger partial charge in [-0.1, -0.05) is 64.0 Å². The van der Waals surface area contributed by atoms with Crippen LogP contribution in [0.2, 0.25) is 0 Å². The van der Waals surface area contributed by atoms with E-state index in [0.717, 1.165) is 21.2 Å². The van der Waals surface area contributed by atoms with Crippen LogP contribution in [0.25, 0.3) is 5.70 Å². The number of carbonyl (C=O) groups excluding carboxylic acids is 1. The first-order valence-electron chi connectivity index (χ1n) is 10.0. The van der Waals surface area contributed by atoms with Crippen LogP contribution in [0.5, 0.6) is 5.75 Å². The van der Waals surface area contributed by atoms with Crippen molar-refractivity contribution in [1.29, 1.82) is 0 Å². The number of thiocarbonyl (C=S) groups is 1. The molecule has 3 N–H and O–H groups in total. The van der Waals surface area contributed by atoms with Gasteiger partial charge in [0.25, 0.3) is 5.91 Å². The van der Waals surface area contributed by atoms with Crippen molar-refractivity contribution in [2.24, 2.45) is 0 Å². The Morgan fingerprint density at radius 3 is 2.47 bits per heavy atom. The Hall–Kier alpha value is -3.16. The van der Waals surface area contributed by atoms with E-state index in [-0.39, 0.29) is 5.91 Å². The molecule has 0 saturated carbocycles. The van der Waals surface area contributed by atoms with Gasteiger partial charge in [-0.25, -0.2) is 0 Å². The fraction of sp³-hybridized carbons (Fsp3) is 0.120. The molecule has 32 heavy (non-hydrogen) atoms. The maximum atomic E-state index is 13.7. The summed E-state index contributed by atoms with van der Waals surface area (Å²) in [4.78, 5) is 13.7. The van der Waals surface area contributed by atoms with Gasteiger partial charge >= 0.3 is 0 Å². The molecule has 1 amide bonds. The molecule has 4 rings (SSSR count). The Balaban J connectivity index is 1.87. The van der Waals surface area contributed by atoms with Gasteiger partial charge in [0.2, 0.25) is 0 Å². The molecule has 3 aromatic carbocycles. The number of hydrogen-bond acceptors (Lipinski definition) is 3. The zero-order chi connectivity index (χ0) is 22.7. The number of benzene rings is 3. The molecule has 0 bridgehead atoms. The van der Waals surface area contributed by atoms with E-state index in [1.54, 1.807) is 7.11 Å². The van der Waals surface area contributed by atoms with Gasteiger partial charge in [0, 0.05) is 15.7 Å². The van der Waals surface area contributed by atoms with Crippen molar-refractivity contribution in [3.05, 3.63) is 99.5 Å². The van der Waals surface area contributed by atoms with Gasteiger partial charge in [0.05, 0.1) is 24.4 Å². The molecule has 7 heteroatoms. The molecule has 0 saturated heterocycles. The molecule has 162 valence electrons. The summed E-state index contributed by atoms with van der Waals surface area (Å²) in [6.45, 7) is 2.01. The highest BCUT2D eigenvalue weighted by molar-refractivity contribution is 9.10. The molecule has 3 aromatic rings. The maximum absolute atomic E-state index is 13.7. The summed E-state index contributed by atoms with van der Waals surface area (Å²) in [6.07, 6.45) is 0. The largest absolute Gasteiger partial charge is 0.496 e. The van der Waals surface area contributed by atoms with Crippen molar-refractivity contribution < 1.29 is 9.53 Å². The van der Waals surface area contributed by atoms with Crippen molar-refractivity contribution in [2.45, 2.75) is 13.0 Å². The van der Waals surface area contributed by atoms with Crippen molar-refractivity contribution >= 4 is 50.6 Å². The Morgan fingerprint density at radius 1 is 1.06 bits per heavy atom. The molecule has 1 aliphatic rings. The van der Waals surface area contributed by atoms with Gasteiger partial charge < -0.3 is 20.7 Å². The summed E-state index contributed by atoms with van der Waals surface area (Å²) in [5.74, 6) is 0.422. The summed E-state index contributed by atoms with van der Waals surface area (Å²) in [5, 5.41) is 9.92. The van der Waals surface area contributed by atoms with Crippen LogP contribution < -0.4 is 20.7 Å². The molecular weight excluding hydrogens is 486 g/mol. The Bertz CT molecular complexity index is 1190. The molecule has 1 heterocycles. The zero-order valence-corrected chi connectivity index (χ0v) is 20.0. The normalized spacial score (nSPS) is 15.6. The Kier molecular flexibility index (Phi) is 6.58. The van der Waals surface area contributed by atoms with E-state index in [1.807, 2.05) is 79.7 Å². The van der Waals surface area contributed by atoms with Crippen LogP contribution in [-0.4, -0.2) is 18.1 Å². The number of ether oxygens (including phenoxy) is 1. The average molecular weight is 508 g/mol. The third-order valence-corrected chi connectivity index (χ3v) is 5.90. The van der Waals surface area contributed by atoms with E-state index >= 15 is 0 Å². The van der Waals surface area contributed by atoms with Gasteiger partial charge in [-0.3, -0.25) is 4.79 Å². The van der Waals surface area contributed by atoms with Crippen molar-refractivity contribution in [2.75, 3.05) is 12.4 Å². The van der Waals surface area contributed by atoms with Crippen LogP contribution in [-0.2, 0) is 4.79 Å². The molecule has 1 atom stereocenters. The second-order valence-electron chi connectivity index (χ2n) is 7.39. The number of amides is 1. The summed E-state index contributed by atoms with van der Waals surface area (Å²) in [6, 6.07) is 22.6. The number of anilines is 1. The van der Waals surface area contributed by atoms with Gasteiger partial charge in [-0.05, 0) is 55.0 Å². The summed E-state index contributed by atoms with van der Waals surface area (Å²) < 4.78 is 6.48. The highest BCUT2D eigenvalue weighted by Gasteiger charge is 2.34. The summed E-state index contributed by atoms with van der Waals surface area (Å²) in [7, 11) is 1.61. The minimum absolute atomic E-state index is 0.234. The van der Waals surface area contributed by atoms with E-state index < -0.39 is 6.04 Å². The minimum atomic E-state index is -0.517. The Labute approximate surface area is 201 Å².